The molecular formula is C25H27FN6O2S. The molecule has 4 aromatic rings. The molecule has 3 heterocycles. The van der Waals surface area contributed by atoms with E-state index in [1.54, 1.807) is 23.7 Å². The highest BCUT2D eigenvalue weighted by atomic mass is 32.1. The lowest BCUT2D eigenvalue weighted by Crippen LogP contribution is -2.44. The summed E-state index contributed by atoms with van der Waals surface area (Å²) < 4.78 is 15.5. The minimum Gasteiger partial charge on any atom is -0.465 e. The van der Waals surface area contributed by atoms with Crippen LogP contribution < -0.4 is 10.2 Å². The third-order valence-electron chi connectivity index (χ3n) is 6.35. The SMILES string of the molecule is O=C(O)N(CCN1CCC(Nc2nc3ccccc3n2Cc2ccc(F)cc2)CC1)c1nccs1. The lowest BCUT2D eigenvalue weighted by Gasteiger charge is -2.33. The third-order valence-corrected chi connectivity index (χ3v) is 7.14. The first kappa shape index (κ1) is 23.3. The molecular weight excluding hydrogens is 467 g/mol. The molecule has 0 saturated carbocycles. The molecule has 0 bridgehead atoms. The summed E-state index contributed by atoms with van der Waals surface area (Å²) in [6.07, 6.45) is 2.52. The number of halogens is 1. The number of carboxylic acid groups (broad SMARTS) is 1. The summed E-state index contributed by atoms with van der Waals surface area (Å²) in [5, 5.41) is 15.4. The number of anilines is 2. The van der Waals surface area contributed by atoms with E-state index in [-0.39, 0.29) is 11.9 Å². The van der Waals surface area contributed by atoms with Gasteiger partial charge in [0.25, 0.3) is 0 Å². The van der Waals surface area contributed by atoms with E-state index in [1.807, 2.05) is 18.2 Å². The minimum atomic E-state index is -0.975. The fraction of sp³-hybridized carbons (Fsp3) is 0.320. The lowest BCUT2D eigenvalue weighted by atomic mass is 10.1. The summed E-state index contributed by atoms with van der Waals surface area (Å²) >= 11 is 1.33. The first-order valence-electron chi connectivity index (χ1n) is 11.7. The zero-order valence-corrected chi connectivity index (χ0v) is 20.0. The molecule has 5 rings (SSSR count). The van der Waals surface area contributed by atoms with Gasteiger partial charge in [0.15, 0.2) is 5.13 Å². The Morgan fingerprint density at radius 2 is 1.94 bits per heavy atom. The van der Waals surface area contributed by atoms with E-state index in [9.17, 15) is 14.3 Å². The Labute approximate surface area is 206 Å². The van der Waals surface area contributed by atoms with Crippen molar-refractivity contribution >= 4 is 39.5 Å². The van der Waals surface area contributed by atoms with Gasteiger partial charge in [0, 0.05) is 43.8 Å². The van der Waals surface area contributed by atoms with Crippen LogP contribution >= 0.6 is 11.3 Å². The Hall–Kier alpha value is -3.50. The molecule has 2 aromatic carbocycles. The van der Waals surface area contributed by atoms with Crippen molar-refractivity contribution in [3.63, 3.8) is 0 Å². The van der Waals surface area contributed by atoms with Crippen molar-refractivity contribution in [3.05, 3.63) is 71.5 Å². The van der Waals surface area contributed by atoms with E-state index < -0.39 is 6.09 Å². The van der Waals surface area contributed by atoms with Crippen LogP contribution in [-0.4, -0.2) is 62.9 Å². The maximum absolute atomic E-state index is 13.4. The molecule has 1 aliphatic heterocycles. The van der Waals surface area contributed by atoms with Crippen LogP contribution in [0.1, 0.15) is 18.4 Å². The van der Waals surface area contributed by atoms with E-state index >= 15 is 0 Å². The quantitative estimate of drug-likeness (QED) is 0.368. The van der Waals surface area contributed by atoms with Crippen molar-refractivity contribution in [2.75, 3.05) is 36.4 Å². The highest BCUT2D eigenvalue weighted by Gasteiger charge is 2.23. The summed E-state index contributed by atoms with van der Waals surface area (Å²) in [5.41, 5.74) is 2.97. The van der Waals surface area contributed by atoms with Crippen molar-refractivity contribution in [1.29, 1.82) is 0 Å². The van der Waals surface area contributed by atoms with Gasteiger partial charge >= 0.3 is 6.09 Å². The molecule has 182 valence electrons. The predicted octanol–water partition coefficient (Wildman–Crippen LogP) is 4.74. The molecule has 0 unspecified atom stereocenters. The average Bonchev–Trinajstić information content (AvgIpc) is 3.50. The number of amides is 1. The van der Waals surface area contributed by atoms with Gasteiger partial charge < -0.3 is 19.9 Å². The molecule has 10 heteroatoms. The molecule has 1 aliphatic rings. The molecule has 2 aromatic heterocycles. The number of thiazole rings is 1. The second kappa shape index (κ2) is 10.4. The second-order valence-electron chi connectivity index (χ2n) is 8.65. The number of nitrogens with zero attached hydrogens (tertiary/aromatic N) is 5. The normalized spacial score (nSPS) is 14.9. The van der Waals surface area contributed by atoms with Crippen molar-refractivity contribution < 1.29 is 14.3 Å². The van der Waals surface area contributed by atoms with Crippen molar-refractivity contribution in [2.45, 2.75) is 25.4 Å². The summed E-state index contributed by atoms with van der Waals surface area (Å²) in [5.74, 6) is 0.572. The Kier molecular flexibility index (Phi) is 6.91. The Balaban J connectivity index is 1.22. The van der Waals surface area contributed by atoms with Gasteiger partial charge in [-0.15, -0.1) is 11.3 Å². The van der Waals surface area contributed by atoms with E-state index in [0.717, 1.165) is 48.5 Å². The minimum absolute atomic E-state index is 0.243. The monoisotopic (exact) mass is 494 g/mol. The number of hydrogen-bond acceptors (Lipinski definition) is 6. The smallest absolute Gasteiger partial charge is 0.413 e. The van der Waals surface area contributed by atoms with Crippen LogP contribution in [0.3, 0.4) is 0 Å². The third kappa shape index (κ3) is 5.44. The van der Waals surface area contributed by atoms with E-state index in [4.69, 9.17) is 4.98 Å². The van der Waals surface area contributed by atoms with Gasteiger partial charge in [-0.3, -0.25) is 4.90 Å². The fourth-order valence-corrected chi connectivity index (χ4v) is 5.13. The molecule has 0 aliphatic carbocycles. The van der Waals surface area contributed by atoms with Gasteiger partial charge in [0.2, 0.25) is 5.95 Å². The molecule has 1 amide bonds. The number of fused-ring (bicyclic) bond motifs is 1. The Morgan fingerprint density at radius 3 is 2.66 bits per heavy atom. The van der Waals surface area contributed by atoms with Gasteiger partial charge in [0.1, 0.15) is 5.82 Å². The lowest BCUT2D eigenvalue weighted by molar-refractivity contribution is 0.195. The maximum atomic E-state index is 13.4. The summed E-state index contributed by atoms with van der Waals surface area (Å²) in [4.78, 5) is 24.2. The van der Waals surface area contributed by atoms with Crippen LogP contribution in [-0.2, 0) is 6.54 Å². The fourth-order valence-electron chi connectivity index (χ4n) is 4.47. The van der Waals surface area contributed by atoms with Crippen molar-refractivity contribution in [2.24, 2.45) is 0 Å². The van der Waals surface area contributed by atoms with Crippen molar-refractivity contribution in [1.82, 2.24) is 19.4 Å². The van der Waals surface area contributed by atoms with Crippen LogP contribution in [0.25, 0.3) is 11.0 Å². The number of aromatic nitrogens is 3. The van der Waals surface area contributed by atoms with Crippen LogP contribution in [0.4, 0.5) is 20.3 Å². The number of imidazole rings is 1. The molecule has 35 heavy (non-hydrogen) atoms. The topological polar surface area (TPSA) is 86.5 Å². The number of likely N-dealkylation sites (tertiary alicyclic amines) is 1. The number of carbonyl (C=O) groups is 1. The van der Waals surface area contributed by atoms with Gasteiger partial charge in [-0.1, -0.05) is 24.3 Å². The first-order valence-corrected chi connectivity index (χ1v) is 12.5. The average molecular weight is 495 g/mol. The molecule has 8 nitrogen and oxygen atoms in total. The van der Waals surface area contributed by atoms with Gasteiger partial charge in [0.05, 0.1) is 17.6 Å². The number of nitrogens with one attached hydrogen (secondary N) is 1. The molecule has 0 radical (unpaired) electrons. The number of para-hydroxylation sites is 2. The van der Waals surface area contributed by atoms with Crippen LogP contribution in [0, 0.1) is 5.82 Å². The highest BCUT2D eigenvalue weighted by molar-refractivity contribution is 7.13. The largest absolute Gasteiger partial charge is 0.465 e. The number of rotatable bonds is 8. The van der Waals surface area contributed by atoms with Gasteiger partial charge in [-0.05, 0) is 42.7 Å². The maximum Gasteiger partial charge on any atom is 0.413 e. The summed E-state index contributed by atoms with van der Waals surface area (Å²) in [6, 6.07) is 14.9. The number of piperidine rings is 1. The Bertz CT molecular complexity index is 1270. The summed E-state index contributed by atoms with van der Waals surface area (Å²) in [7, 11) is 0. The Morgan fingerprint density at radius 1 is 1.17 bits per heavy atom. The highest BCUT2D eigenvalue weighted by Crippen LogP contribution is 2.24. The number of hydrogen-bond donors (Lipinski definition) is 2. The van der Waals surface area contributed by atoms with Gasteiger partial charge in [-0.25, -0.2) is 19.2 Å². The van der Waals surface area contributed by atoms with E-state index in [1.165, 1.54) is 28.4 Å². The zero-order chi connectivity index (χ0) is 24.2. The van der Waals surface area contributed by atoms with E-state index in [0.29, 0.717) is 24.8 Å². The van der Waals surface area contributed by atoms with Crippen LogP contribution in [0.15, 0.2) is 60.1 Å². The van der Waals surface area contributed by atoms with Crippen LogP contribution in [0.2, 0.25) is 0 Å². The molecule has 0 atom stereocenters. The zero-order valence-electron chi connectivity index (χ0n) is 19.2. The van der Waals surface area contributed by atoms with Gasteiger partial charge in [-0.2, -0.15) is 0 Å². The van der Waals surface area contributed by atoms with Crippen LogP contribution in [0.5, 0.6) is 0 Å². The molecule has 0 spiro atoms. The molecule has 1 fully saturated rings. The second-order valence-corrected chi connectivity index (χ2v) is 9.52. The first-order chi connectivity index (χ1) is 17.1. The van der Waals surface area contributed by atoms with Crippen molar-refractivity contribution in [3.8, 4) is 0 Å². The standard InChI is InChI=1S/C25H27FN6O2S/c26-19-7-5-18(6-8-19)17-32-22-4-2-1-3-21(22)29-23(32)28-20-9-12-30(13-10-20)14-15-31(25(33)34)24-27-11-16-35-24/h1-8,11,16,20H,9-10,12-15,17H2,(H,28,29)(H,33,34). The van der Waals surface area contributed by atoms with E-state index in [2.05, 4.69) is 25.8 Å². The number of benzene rings is 2. The molecule has 1 saturated heterocycles. The predicted molar refractivity (Wildman–Crippen MR) is 136 cm³/mol. The molecule has 2 N–H and O–H groups in total. The summed E-state index contributed by atoms with van der Waals surface area (Å²) in [6.45, 7) is 3.42.